The second-order valence-electron chi connectivity index (χ2n) is 7.88. The number of nitrogens with zero attached hydrogens (tertiary/aromatic N) is 3. The Morgan fingerprint density at radius 1 is 1.55 bits per heavy atom. The second-order valence-corrected chi connectivity index (χ2v) is 9.78. The number of ether oxygens (including phenoxy) is 1. The summed E-state index contributed by atoms with van der Waals surface area (Å²) in [6, 6.07) is 0.306. The van der Waals surface area contributed by atoms with Crippen molar-refractivity contribution < 1.29 is 9.84 Å². The van der Waals surface area contributed by atoms with Gasteiger partial charge in [-0.1, -0.05) is 0 Å². The molecule has 0 spiro atoms. The van der Waals surface area contributed by atoms with Gasteiger partial charge in [-0.15, -0.1) is 0 Å². The monoisotopic (exact) mass is 593 g/mol. The predicted octanol–water partition coefficient (Wildman–Crippen LogP) is 1.85. The summed E-state index contributed by atoms with van der Waals surface area (Å²) in [5, 5.41) is 21.1. The van der Waals surface area contributed by atoms with Crippen LogP contribution in [0.5, 0.6) is 0 Å². The molecule has 8 heteroatoms. The number of nitrogens with one attached hydrogen (secondary N) is 2. The van der Waals surface area contributed by atoms with Gasteiger partial charge in [0.25, 0.3) is 0 Å². The molecule has 0 fully saturated rings. The van der Waals surface area contributed by atoms with Crippen molar-refractivity contribution in [1.82, 2.24) is 23.1 Å². The summed E-state index contributed by atoms with van der Waals surface area (Å²) in [7, 11) is 3.79. The molecule has 158 valence electrons. The third-order valence-electron chi connectivity index (χ3n) is 5.38. The Hall–Kier alpha value is -1.17. The fraction of sp³-hybridized carbons (Fsp3) is 0.571. The van der Waals surface area contributed by atoms with Crippen LogP contribution >= 0.6 is 0 Å². The van der Waals surface area contributed by atoms with Crippen molar-refractivity contribution in [3.8, 4) is 0 Å². The minimum absolute atomic E-state index is 0.289. The number of aliphatic hydroxyl groups is 1. The molecule has 0 aromatic carbocycles. The summed E-state index contributed by atoms with van der Waals surface area (Å²) >= 11 is 0.586. The summed E-state index contributed by atoms with van der Waals surface area (Å²) < 4.78 is 7.79. The molecular weight excluding hydrogens is 559 g/mol. The van der Waals surface area contributed by atoms with Gasteiger partial charge in [0.05, 0.1) is 0 Å². The summed E-state index contributed by atoms with van der Waals surface area (Å²) in [4.78, 5) is 2.19. The number of rotatable bonds is 9. The Labute approximate surface area is 191 Å². The number of aromatic nitrogens is 2. The van der Waals surface area contributed by atoms with Gasteiger partial charge in [0, 0.05) is 0 Å². The molecule has 7 nitrogen and oxygen atoms in total. The number of allylic oxidation sites excluding steroid dienone is 3. The fourth-order valence-electron chi connectivity index (χ4n) is 3.37. The quantitative estimate of drug-likeness (QED) is 0.231. The molecule has 0 saturated carbocycles. The third kappa shape index (κ3) is 6.40. The van der Waals surface area contributed by atoms with Crippen LogP contribution in [0.15, 0.2) is 24.6 Å². The van der Waals surface area contributed by atoms with Crippen LogP contribution in [0, 0.1) is 0 Å². The molecule has 0 amide bonds. The molecule has 29 heavy (non-hydrogen) atoms. The molecule has 0 bridgehead atoms. The number of hydrogen-bond acceptors (Lipinski definition) is 6. The van der Waals surface area contributed by atoms with E-state index < -0.39 is 5.72 Å². The topological polar surface area (TPSA) is 74.6 Å². The van der Waals surface area contributed by atoms with E-state index in [9.17, 15) is 5.11 Å². The summed E-state index contributed by atoms with van der Waals surface area (Å²) in [6.07, 6.45) is 11.4. The van der Waals surface area contributed by atoms with Crippen LogP contribution < -0.4 is 10.6 Å². The molecule has 1 aliphatic rings. The molecule has 0 saturated heterocycles. The van der Waals surface area contributed by atoms with Crippen LogP contribution in [-0.4, -0.2) is 82.4 Å². The van der Waals surface area contributed by atoms with Gasteiger partial charge in [0.1, 0.15) is 0 Å². The zero-order chi connectivity index (χ0) is 21.6. The second kappa shape index (κ2) is 10.7. The average Bonchev–Trinajstić information content (AvgIpc) is 2.85. The standard InChI is InChI=1S/C21H34N5O2.Tl/c1-7-17(8-10-22-14-26(5)15(2)12-16(3)27)20-18-13-21(4,28-6)23-11-9-19(18)24-25-20;/h7-11,15-16,22-23,27H,12-14H2,1-6H3;/q-1;+1/b10-8-,17-7+;/t15-,16-,21?;/m1./s1. The summed E-state index contributed by atoms with van der Waals surface area (Å²) in [5.74, 6) is 0. The third-order valence-corrected chi connectivity index (χ3v) is 6.91. The van der Waals surface area contributed by atoms with E-state index in [-0.39, 0.29) is 6.10 Å². The van der Waals surface area contributed by atoms with E-state index in [1.54, 1.807) is 7.11 Å². The van der Waals surface area contributed by atoms with Gasteiger partial charge in [-0.3, -0.25) is 0 Å². The summed E-state index contributed by atoms with van der Waals surface area (Å²) in [6.45, 7) is 8.76. The molecular formula is C21H34N5O2Tl. The van der Waals surface area contributed by atoms with E-state index in [4.69, 9.17) is 9.84 Å². The zero-order valence-corrected chi connectivity index (χ0v) is 22.9. The Bertz CT molecular complexity index is 771. The van der Waals surface area contributed by atoms with Crippen molar-refractivity contribution in [2.24, 2.45) is 0 Å². The van der Waals surface area contributed by atoms with Gasteiger partial charge in [0.2, 0.25) is 0 Å². The van der Waals surface area contributed by atoms with Crippen LogP contribution in [0.4, 0.5) is 0 Å². The molecule has 1 aromatic heterocycles. The van der Waals surface area contributed by atoms with Crippen LogP contribution in [0.3, 0.4) is 0 Å². The number of methoxy groups -OCH3 is 1. The minimum atomic E-state index is -0.451. The molecule has 1 unspecified atom stereocenters. The van der Waals surface area contributed by atoms with Crippen LogP contribution in [0.2, 0.25) is 0 Å². The predicted molar refractivity (Wildman–Crippen MR) is 119 cm³/mol. The van der Waals surface area contributed by atoms with Crippen molar-refractivity contribution in [2.75, 3.05) is 20.8 Å². The molecule has 1 aliphatic heterocycles. The van der Waals surface area contributed by atoms with E-state index in [1.807, 2.05) is 26.2 Å². The van der Waals surface area contributed by atoms with E-state index in [2.05, 4.69) is 57.1 Å². The first-order chi connectivity index (χ1) is 13.7. The number of fused-ring (bicyclic) bond motifs is 1. The summed E-state index contributed by atoms with van der Waals surface area (Å²) in [5.41, 5.74) is 4.01. The van der Waals surface area contributed by atoms with Gasteiger partial charge in [-0.2, -0.15) is 0 Å². The SMILES string of the molecule is C/C=C(\C=C/NCN(C)[C@H](C)C[C@@H](C)O)c1n[n]([Tl])c2c1CC(C)(OC)NC=C2. The van der Waals surface area contributed by atoms with Gasteiger partial charge >= 0.3 is 179 Å². The fourth-order valence-corrected chi connectivity index (χ4v) is 4.76. The Balaban J connectivity index is 2.12. The Morgan fingerprint density at radius 2 is 2.28 bits per heavy atom. The number of aliphatic hydroxyl groups excluding tert-OH is 1. The van der Waals surface area contributed by atoms with Crippen molar-refractivity contribution >= 4 is 37.7 Å². The van der Waals surface area contributed by atoms with Gasteiger partial charge < -0.3 is 5.11 Å². The number of hydrogen-bond donors (Lipinski definition) is 3. The molecule has 2 rings (SSSR count). The van der Waals surface area contributed by atoms with E-state index in [0.29, 0.717) is 38.8 Å². The van der Waals surface area contributed by atoms with Crippen molar-refractivity contribution in [3.05, 3.63) is 41.5 Å². The molecule has 1 aromatic rings. The Morgan fingerprint density at radius 3 is 2.90 bits per heavy atom. The van der Waals surface area contributed by atoms with E-state index >= 15 is 0 Å². The molecule has 3 atom stereocenters. The maximum absolute atomic E-state index is 9.56. The molecule has 0 radical (unpaired) electrons. The first-order valence-electron chi connectivity index (χ1n) is 10.0. The van der Waals surface area contributed by atoms with Crippen LogP contribution in [0.25, 0.3) is 11.6 Å². The zero-order valence-electron chi connectivity index (χ0n) is 18.4. The average molecular weight is 593 g/mol. The van der Waals surface area contributed by atoms with Crippen LogP contribution in [0.1, 0.15) is 51.1 Å². The van der Waals surface area contributed by atoms with Crippen LogP contribution in [-0.2, 0) is 11.2 Å². The van der Waals surface area contributed by atoms with Crippen molar-refractivity contribution in [1.29, 1.82) is 0 Å². The maximum atomic E-state index is 9.56. The van der Waals surface area contributed by atoms with E-state index in [0.717, 1.165) is 29.8 Å². The molecule has 2 heterocycles. The van der Waals surface area contributed by atoms with E-state index in [1.165, 1.54) is 5.56 Å². The Kier molecular flexibility index (Phi) is 8.93. The molecule has 0 aliphatic carbocycles. The first kappa shape index (κ1) is 24.1. The van der Waals surface area contributed by atoms with Gasteiger partial charge in [0.15, 0.2) is 0 Å². The normalized spacial score (nSPS) is 21.7. The van der Waals surface area contributed by atoms with Crippen molar-refractivity contribution in [2.45, 2.75) is 58.4 Å². The molecule has 3 N–H and O–H groups in total. The first-order valence-corrected chi connectivity index (χ1v) is 12.0. The van der Waals surface area contributed by atoms with Crippen molar-refractivity contribution in [3.63, 3.8) is 0 Å². The van der Waals surface area contributed by atoms with Gasteiger partial charge in [-0.25, -0.2) is 0 Å². The van der Waals surface area contributed by atoms with Gasteiger partial charge in [-0.05, 0) is 6.92 Å².